The van der Waals surface area contributed by atoms with Crippen LogP contribution in [-0.2, 0) is 0 Å². The number of nitrogens with one attached hydrogen (secondary N) is 1. The van der Waals surface area contributed by atoms with Crippen LogP contribution in [0.5, 0.6) is 5.75 Å². The van der Waals surface area contributed by atoms with Gasteiger partial charge < -0.3 is 15.0 Å². The van der Waals surface area contributed by atoms with Crippen molar-refractivity contribution in [2.24, 2.45) is 5.92 Å². The fourth-order valence-electron chi connectivity index (χ4n) is 3.11. The lowest BCUT2D eigenvalue weighted by Gasteiger charge is -2.30. The number of carbonyl (C=O) groups excluding carboxylic acids is 2. The van der Waals surface area contributed by atoms with Gasteiger partial charge in [0, 0.05) is 29.9 Å². The molecule has 0 bridgehead atoms. The molecule has 142 valence electrons. The Kier molecular flexibility index (Phi) is 6.01. The van der Waals surface area contributed by atoms with Crippen molar-refractivity contribution in [3.8, 4) is 5.75 Å². The SMILES string of the molecule is COc1ccc(NC(=O)c2ccc(C(=O)N3CCC(C)CC3)cc2)cc1Cl. The summed E-state index contributed by atoms with van der Waals surface area (Å²) >= 11 is 6.08. The summed E-state index contributed by atoms with van der Waals surface area (Å²) < 4.78 is 5.10. The first-order valence-electron chi connectivity index (χ1n) is 9.02. The molecule has 0 radical (unpaired) electrons. The highest BCUT2D eigenvalue weighted by Crippen LogP contribution is 2.27. The first-order chi connectivity index (χ1) is 13.0. The predicted molar refractivity (Wildman–Crippen MR) is 107 cm³/mol. The molecule has 5 nitrogen and oxygen atoms in total. The van der Waals surface area contributed by atoms with E-state index in [9.17, 15) is 9.59 Å². The zero-order valence-corrected chi connectivity index (χ0v) is 16.3. The summed E-state index contributed by atoms with van der Waals surface area (Å²) in [5.41, 5.74) is 1.66. The quantitative estimate of drug-likeness (QED) is 0.843. The minimum Gasteiger partial charge on any atom is -0.495 e. The number of anilines is 1. The molecule has 27 heavy (non-hydrogen) atoms. The van der Waals surface area contributed by atoms with E-state index in [0.29, 0.717) is 33.5 Å². The van der Waals surface area contributed by atoms with Crippen LogP contribution < -0.4 is 10.1 Å². The number of hydrogen-bond acceptors (Lipinski definition) is 3. The van der Waals surface area contributed by atoms with Crippen molar-refractivity contribution in [2.45, 2.75) is 19.8 Å². The maximum atomic E-state index is 12.6. The lowest BCUT2D eigenvalue weighted by atomic mass is 9.98. The number of methoxy groups -OCH3 is 1. The number of hydrogen-bond donors (Lipinski definition) is 1. The average Bonchev–Trinajstić information content (AvgIpc) is 2.68. The third-order valence-electron chi connectivity index (χ3n) is 4.87. The van der Waals surface area contributed by atoms with Gasteiger partial charge in [-0.1, -0.05) is 18.5 Å². The Labute approximate surface area is 164 Å². The molecule has 2 aromatic rings. The summed E-state index contributed by atoms with van der Waals surface area (Å²) in [6.07, 6.45) is 2.08. The summed E-state index contributed by atoms with van der Waals surface area (Å²) in [5.74, 6) is 0.981. The van der Waals surface area contributed by atoms with Crippen LogP contribution in [0, 0.1) is 5.92 Å². The second-order valence-corrected chi connectivity index (χ2v) is 7.26. The number of rotatable bonds is 4. The van der Waals surface area contributed by atoms with Crippen LogP contribution >= 0.6 is 11.6 Å². The Balaban J connectivity index is 1.65. The minimum atomic E-state index is -0.262. The van der Waals surface area contributed by atoms with Crippen LogP contribution in [0.4, 0.5) is 5.69 Å². The summed E-state index contributed by atoms with van der Waals surface area (Å²) in [5, 5.41) is 3.22. The second kappa shape index (κ2) is 8.44. The molecule has 2 aromatic carbocycles. The predicted octanol–water partition coefficient (Wildman–Crippen LogP) is 4.47. The summed E-state index contributed by atoms with van der Waals surface area (Å²) in [6, 6.07) is 11.8. The Morgan fingerprint density at radius 1 is 1.07 bits per heavy atom. The normalized spacial score (nSPS) is 14.7. The Morgan fingerprint density at radius 2 is 1.70 bits per heavy atom. The largest absolute Gasteiger partial charge is 0.495 e. The molecule has 1 heterocycles. The minimum absolute atomic E-state index is 0.0239. The molecule has 0 aliphatic carbocycles. The van der Waals surface area contributed by atoms with E-state index in [1.54, 1.807) is 42.5 Å². The molecule has 0 aromatic heterocycles. The number of nitrogens with zero attached hydrogens (tertiary/aromatic N) is 1. The first kappa shape index (κ1) is 19.2. The lowest BCUT2D eigenvalue weighted by molar-refractivity contribution is 0.0697. The topological polar surface area (TPSA) is 58.6 Å². The molecule has 1 saturated heterocycles. The van der Waals surface area contributed by atoms with Crippen molar-refractivity contribution in [3.05, 3.63) is 58.6 Å². The van der Waals surface area contributed by atoms with Crippen molar-refractivity contribution in [1.82, 2.24) is 4.90 Å². The van der Waals surface area contributed by atoms with Crippen molar-refractivity contribution >= 4 is 29.1 Å². The van der Waals surface area contributed by atoms with E-state index in [1.165, 1.54) is 7.11 Å². The van der Waals surface area contributed by atoms with Crippen molar-refractivity contribution < 1.29 is 14.3 Å². The molecule has 1 aliphatic heterocycles. The van der Waals surface area contributed by atoms with Gasteiger partial charge in [0.05, 0.1) is 12.1 Å². The van der Waals surface area contributed by atoms with Crippen molar-refractivity contribution in [2.75, 3.05) is 25.5 Å². The third-order valence-corrected chi connectivity index (χ3v) is 5.17. The highest BCUT2D eigenvalue weighted by molar-refractivity contribution is 6.32. The molecule has 6 heteroatoms. The molecule has 2 amide bonds. The number of carbonyl (C=O) groups is 2. The van der Waals surface area contributed by atoms with Crippen LogP contribution in [0.1, 0.15) is 40.5 Å². The molecular formula is C21H23ClN2O3. The number of piperidine rings is 1. The molecule has 0 unspecified atom stereocenters. The molecule has 3 rings (SSSR count). The fourth-order valence-corrected chi connectivity index (χ4v) is 3.36. The van der Waals surface area contributed by atoms with Gasteiger partial charge in [0.15, 0.2) is 0 Å². The van der Waals surface area contributed by atoms with Gasteiger partial charge >= 0.3 is 0 Å². The number of amides is 2. The standard InChI is InChI=1S/C21H23ClN2O3/c1-14-9-11-24(12-10-14)21(26)16-5-3-15(4-6-16)20(25)23-17-7-8-19(27-2)18(22)13-17/h3-8,13-14H,9-12H2,1-2H3,(H,23,25). The van der Waals surface area contributed by atoms with E-state index in [0.717, 1.165) is 25.9 Å². The molecular weight excluding hydrogens is 364 g/mol. The monoisotopic (exact) mass is 386 g/mol. The summed E-state index contributed by atoms with van der Waals surface area (Å²) in [6.45, 7) is 3.80. The molecule has 1 N–H and O–H groups in total. The Hall–Kier alpha value is -2.53. The maximum Gasteiger partial charge on any atom is 0.255 e. The van der Waals surface area contributed by atoms with Crippen LogP contribution in [0.15, 0.2) is 42.5 Å². The zero-order chi connectivity index (χ0) is 19.4. The molecule has 0 spiro atoms. The van der Waals surface area contributed by atoms with Gasteiger partial charge in [-0.25, -0.2) is 0 Å². The van der Waals surface area contributed by atoms with Gasteiger partial charge in [0.1, 0.15) is 5.75 Å². The fraction of sp³-hybridized carbons (Fsp3) is 0.333. The average molecular weight is 387 g/mol. The van der Waals surface area contributed by atoms with Crippen LogP contribution in [-0.4, -0.2) is 36.9 Å². The van der Waals surface area contributed by atoms with E-state index in [1.807, 2.05) is 4.90 Å². The lowest BCUT2D eigenvalue weighted by Crippen LogP contribution is -2.37. The molecule has 0 atom stereocenters. The molecule has 1 aliphatic rings. The van der Waals surface area contributed by atoms with Crippen molar-refractivity contribution in [1.29, 1.82) is 0 Å². The number of likely N-dealkylation sites (tertiary alicyclic amines) is 1. The van der Waals surface area contributed by atoms with E-state index >= 15 is 0 Å². The van der Waals surface area contributed by atoms with E-state index in [4.69, 9.17) is 16.3 Å². The smallest absolute Gasteiger partial charge is 0.255 e. The Bertz CT molecular complexity index is 828. The van der Waals surface area contributed by atoms with Gasteiger partial charge in [-0.15, -0.1) is 0 Å². The van der Waals surface area contributed by atoms with Gasteiger partial charge in [-0.05, 0) is 61.2 Å². The molecule has 1 fully saturated rings. The number of ether oxygens (including phenoxy) is 1. The van der Waals surface area contributed by atoms with E-state index in [2.05, 4.69) is 12.2 Å². The summed E-state index contributed by atoms with van der Waals surface area (Å²) in [7, 11) is 1.53. The highest BCUT2D eigenvalue weighted by atomic mass is 35.5. The number of halogens is 1. The van der Waals surface area contributed by atoms with Gasteiger partial charge in [0.2, 0.25) is 0 Å². The van der Waals surface area contributed by atoms with Gasteiger partial charge in [-0.2, -0.15) is 0 Å². The zero-order valence-electron chi connectivity index (χ0n) is 15.5. The van der Waals surface area contributed by atoms with Crippen LogP contribution in [0.25, 0.3) is 0 Å². The van der Waals surface area contributed by atoms with E-state index < -0.39 is 0 Å². The third kappa shape index (κ3) is 4.61. The van der Waals surface area contributed by atoms with Gasteiger partial charge in [-0.3, -0.25) is 9.59 Å². The summed E-state index contributed by atoms with van der Waals surface area (Å²) in [4.78, 5) is 26.9. The molecule has 0 saturated carbocycles. The Morgan fingerprint density at radius 3 is 2.30 bits per heavy atom. The highest BCUT2D eigenvalue weighted by Gasteiger charge is 2.21. The first-order valence-corrected chi connectivity index (χ1v) is 9.40. The second-order valence-electron chi connectivity index (χ2n) is 6.86. The van der Waals surface area contributed by atoms with Crippen LogP contribution in [0.2, 0.25) is 5.02 Å². The maximum absolute atomic E-state index is 12.6. The van der Waals surface area contributed by atoms with Crippen LogP contribution in [0.3, 0.4) is 0 Å². The van der Waals surface area contributed by atoms with E-state index in [-0.39, 0.29) is 11.8 Å². The van der Waals surface area contributed by atoms with Gasteiger partial charge in [0.25, 0.3) is 11.8 Å². The van der Waals surface area contributed by atoms with Crippen molar-refractivity contribution in [3.63, 3.8) is 0 Å². The number of benzene rings is 2.